The Balaban J connectivity index is 1.72. The van der Waals surface area contributed by atoms with Gasteiger partial charge in [-0.25, -0.2) is 17.9 Å². The number of hydrogen-bond acceptors (Lipinski definition) is 12. The molecule has 1 aromatic heterocycles. The molecule has 0 radical (unpaired) electrons. The molecule has 224 valence electrons. The highest BCUT2D eigenvalue weighted by molar-refractivity contribution is 8.00. The SMILES string of the molecule is C=NC1(O)COCC(SC2OC(COC(C)=O)C(OC(C)=O)C(n3cc(-c4cc(F)c(F)c(F)c4)nn3)C2OC)C1. The fraction of sp³-hybridized carbons (Fsp3) is 0.560. The molecule has 7 unspecified atom stereocenters. The van der Waals surface area contributed by atoms with Crippen LogP contribution in [0.2, 0.25) is 0 Å². The highest BCUT2D eigenvalue weighted by Gasteiger charge is 2.51. The van der Waals surface area contributed by atoms with E-state index in [1.54, 1.807) is 0 Å². The quantitative estimate of drug-likeness (QED) is 0.256. The Kier molecular flexibility index (Phi) is 9.69. The van der Waals surface area contributed by atoms with E-state index >= 15 is 0 Å². The van der Waals surface area contributed by atoms with Crippen LogP contribution < -0.4 is 0 Å². The molecule has 0 bridgehead atoms. The van der Waals surface area contributed by atoms with Crippen molar-refractivity contribution in [3.8, 4) is 11.3 Å². The van der Waals surface area contributed by atoms with Gasteiger partial charge in [0.1, 0.15) is 36.0 Å². The largest absolute Gasteiger partial charge is 0.463 e. The average Bonchev–Trinajstić information content (AvgIpc) is 3.40. The first kappa shape index (κ1) is 30.9. The Morgan fingerprint density at radius 1 is 1.24 bits per heavy atom. The molecule has 16 heteroatoms. The molecule has 2 aliphatic rings. The van der Waals surface area contributed by atoms with Crippen LogP contribution in [0.1, 0.15) is 26.3 Å². The molecule has 4 rings (SSSR count). The predicted molar refractivity (Wildman–Crippen MR) is 137 cm³/mol. The molecule has 1 aromatic carbocycles. The molecule has 12 nitrogen and oxygen atoms in total. The van der Waals surface area contributed by atoms with Crippen LogP contribution in [0.3, 0.4) is 0 Å². The Hall–Kier alpha value is -3.05. The molecule has 0 saturated carbocycles. The summed E-state index contributed by atoms with van der Waals surface area (Å²) in [5.41, 5.74) is -2.40. The number of esters is 2. The monoisotopic (exact) mass is 602 g/mol. The van der Waals surface area contributed by atoms with Crippen LogP contribution in [-0.2, 0) is 33.3 Å². The van der Waals surface area contributed by atoms with Gasteiger partial charge < -0.3 is 28.8 Å². The molecular weight excluding hydrogens is 573 g/mol. The average molecular weight is 603 g/mol. The zero-order valence-corrected chi connectivity index (χ0v) is 23.2. The third-order valence-corrected chi connectivity index (χ3v) is 7.88. The summed E-state index contributed by atoms with van der Waals surface area (Å²) in [6.07, 6.45) is -1.50. The maximum Gasteiger partial charge on any atom is 0.303 e. The molecular formula is C25H29F3N4O8S. The highest BCUT2D eigenvalue weighted by Crippen LogP contribution is 2.42. The summed E-state index contributed by atoms with van der Waals surface area (Å²) in [4.78, 5) is 27.5. The van der Waals surface area contributed by atoms with E-state index in [9.17, 15) is 27.9 Å². The van der Waals surface area contributed by atoms with Gasteiger partial charge in [-0.3, -0.25) is 14.6 Å². The van der Waals surface area contributed by atoms with Crippen molar-refractivity contribution < 1.29 is 51.6 Å². The second kappa shape index (κ2) is 12.9. The van der Waals surface area contributed by atoms with Gasteiger partial charge in [0.05, 0.1) is 19.4 Å². The van der Waals surface area contributed by atoms with Gasteiger partial charge in [0, 0.05) is 38.2 Å². The number of thioether (sulfide) groups is 1. The van der Waals surface area contributed by atoms with E-state index in [2.05, 4.69) is 22.0 Å². The number of carbonyl (C=O) groups excluding carboxylic acids is 2. The van der Waals surface area contributed by atoms with E-state index in [4.69, 9.17) is 23.7 Å². The van der Waals surface area contributed by atoms with E-state index < -0.39 is 64.9 Å². The third kappa shape index (κ3) is 7.06. The standard InChI is InChI=1S/C25H29F3N4O8S/c1-12(33)38-10-19-22(39-13(2)34)21(32-8-18(30-31-32)14-5-16(26)20(28)17(27)6-14)23(36-4)24(40-19)41-15-7-25(35,29-3)11-37-9-15/h5-6,8,15,19,21-24,35H,3,7,9-11H2,1-2,4H3. The zero-order valence-electron chi connectivity index (χ0n) is 22.4. The first-order valence-corrected chi connectivity index (χ1v) is 13.4. The lowest BCUT2D eigenvalue weighted by atomic mass is 9.96. The molecule has 2 fully saturated rings. The summed E-state index contributed by atoms with van der Waals surface area (Å²) in [5, 5.41) is 18.3. The van der Waals surface area contributed by atoms with Gasteiger partial charge in [-0.15, -0.1) is 16.9 Å². The fourth-order valence-corrected chi connectivity index (χ4v) is 6.26. The smallest absolute Gasteiger partial charge is 0.303 e. The van der Waals surface area contributed by atoms with Crippen LogP contribution in [-0.4, -0.2) is 100 Å². The molecule has 41 heavy (non-hydrogen) atoms. The molecule has 3 heterocycles. The minimum absolute atomic E-state index is 0.00531. The van der Waals surface area contributed by atoms with Gasteiger partial charge >= 0.3 is 11.9 Å². The third-order valence-electron chi connectivity index (χ3n) is 6.55. The van der Waals surface area contributed by atoms with Crippen molar-refractivity contribution in [2.75, 3.05) is 26.9 Å². The van der Waals surface area contributed by atoms with Crippen LogP contribution in [0, 0.1) is 17.5 Å². The van der Waals surface area contributed by atoms with Crippen molar-refractivity contribution in [3.05, 3.63) is 35.8 Å². The summed E-state index contributed by atoms with van der Waals surface area (Å²) >= 11 is 1.25. The number of hydrogen-bond donors (Lipinski definition) is 1. The van der Waals surface area contributed by atoms with E-state index in [1.807, 2.05) is 0 Å². The molecule has 0 amide bonds. The van der Waals surface area contributed by atoms with Crippen molar-refractivity contribution in [2.24, 2.45) is 4.99 Å². The molecule has 2 saturated heterocycles. The summed E-state index contributed by atoms with van der Waals surface area (Å²) in [5.74, 6) is -5.72. The number of carbonyl (C=O) groups is 2. The van der Waals surface area contributed by atoms with Crippen molar-refractivity contribution >= 4 is 30.4 Å². The summed E-state index contributed by atoms with van der Waals surface area (Å²) in [7, 11) is 1.40. The van der Waals surface area contributed by atoms with Crippen LogP contribution in [0.25, 0.3) is 11.3 Å². The van der Waals surface area contributed by atoms with Gasteiger partial charge in [-0.05, 0) is 18.9 Å². The van der Waals surface area contributed by atoms with Gasteiger partial charge in [0.15, 0.2) is 29.3 Å². The normalized spacial score (nSPS) is 30.0. The minimum atomic E-state index is -1.63. The Labute approximate surface area is 237 Å². The number of benzene rings is 1. The number of methoxy groups -OCH3 is 1. The lowest BCUT2D eigenvalue weighted by Crippen LogP contribution is -2.58. The summed E-state index contributed by atoms with van der Waals surface area (Å²) in [6, 6.07) is 0.593. The Bertz CT molecular complexity index is 1260. The minimum Gasteiger partial charge on any atom is -0.463 e. The maximum absolute atomic E-state index is 13.9. The molecule has 2 aliphatic heterocycles. The summed E-state index contributed by atoms with van der Waals surface area (Å²) < 4.78 is 71.0. The molecule has 1 N–H and O–H groups in total. The first-order chi connectivity index (χ1) is 19.4. The predicted octanol–water partition coefficient (Wildman–Crippen LogP) is 2.05. The van der Waals surface area contributed by atoms with Crippen molar-refractivity contribution in [2.45, 2.75) is 61.0 Å². The maximum atomic E-state index is 13.9. The van der Waals surface area contributed by atoms with E-state index in [1.165, 1.54) is 43.6 Å². The number of ether oxygens (including phenoxy) is 5. The topological polar surface area (TPSA) is 144 Å². The van der Waals surface area contributed by atoms with Gasteiger partial charge in [0.25, 0.3) is 0 Å². The lowest BCUT2D eigenvalue weighted by Gasteiger charge is -2.46. The van der Waals surface area contributed by atoms with E-state index in [-0.39, 0.29) is 42.7 Å². The second-order valence-electron chi connectivity index (χ2n) is 9.57. The number of nitrogens with zero attached hydrogens (tertiary/aromatic N) is 4. The molecule has 7 atom stereocenters. The number of aliphatic imine (C=N–C) groups is 1. The van der Waals surface area contributed by atoms with Crippen LogP contribution in [0.4, 0.5) is 13.2 Å². The molecule has 0 aliphatic carbocycles. The van der Waals surface area contributed by atoms with E-state index in [0.717, 1.165) is 12.1 Å². The molecule has 0 spiro atoms. The van der Waals surface area contributed by atoms with Gasteiger partial charge in [0.2, 0.25) is 0 Å². The molecule has 2 aromatic rings. The number of halogens is 3. The Morgan fingerprint density at radius 2 is 1.95 bits per heavy atom. The van der Waals surface area contributed by atoms with Crippen LogP contribution in [0.5, 0.6) is 0 Å². The van der Waals surface area contributed by atoms with Crippen molar-refractivity contribution in [3.63, 3.8) is 0 Å². The second-order valence-corrected chi connectivity index (χ2v) is 11.0. The van der Waals surface area contributed by atoms with Crippen molar-refractivity contribution in [1.29, 1.82) is 0 Å². The van der Waals surface area contributed by atoms with E-state index in [0.29, 0.717) is 0 Å². The van der Waals surface area contributed by atoms with Gasteiger partial charge in [-0.1, -0.05) is 5.21 Å². The number of aliphatic hydroxyl groups is 1. The highest BCUT2D eigenvalue weighted by atomic mass is 32.2. The first-order valence-electron chi connectivity index (χ1n) is 12.4. The van der Waals surface area contributed by atoms with Crippen molar-refractivity contribution in [1.82, 2.24) is 15.0 Å². The number of aromatic nitrogens is 3. The zero-order chi connectivity index (χ0) is 29.9. The lowest BCUT2D eigenvalue weighted by molar-refractivity contribution is -0.208. The van der Waals surface area contributed by atoms with Crippen LogP contribution in [0.15, 0.2) is 23.3 Å². The van der Waals surface area contributed by atoms with Gasteiger partial charge in [-0.2, -0.15) is 0 Å². The fourth-order valence-electron chi connectivity index (χ4n) is 4.71. The Morgan fingerprint density at radius 3 is 2.56 bits per heavy atom. The number of rotatable bonds is 9. The van der Waals surface area contributed by atoms with Crippen LogP contribution >= 0.6 is 11.8 Å². The summed E-state index contributed by atoms with van der Waals surface area (Å²) in [6.45, 7) is 5.74.